The molecule has 2 amide bonds. The van der Waals surface area contributed by atoms with Crippen molar-refractivity contribution in [2.75, 3.05) is 38.7 Å². The van der Waals surface area contributed by atoms with Gasteiger partial charge in [0.1, 0.15) is 16.5 Å². The zero-order valence-corrected chi connectivity index (χ0v) is 21.8. The summed E-state index contributed by atoms with van der Waals surface area (Å²) in [6.07, 6.45) is 6.28. The lowest BCUT2D eigenvalue weighted by atomic mass is 9.96. The summed E-state index contributed by atoms with van der Waals surface area (Å²) in [5.74, 6) is -0.240. The van der Waals surface area contributed by atoms with Crippen molar-refractivity contribution in [1.29, 1.82) is 0 Å². The average molecular weight is 539 g/mol. The fourth-order valence-electron chi connectivity index (χ4n) is 4.71. The molecular formula is C26H28ClFN8O2. The van der Waals surface area contributed by atoms with Crippen LogP contribution in [0.3, 0.4) is 0 Å². The minimum absolute atomic E-state index is 0.152. The largest absolute Gasteiger partial charge is 0.383 e. The van der Waals surface area contributed by atoms with E-state index >= 15 is 0 Å². The Morgan fingerprint density at radius 3 is 2.74 bits per heavy atom. The number of hydrogen-bond acceptors (Lipinski definition) is 6. The molecule has 4 aromatic rings. The maximum atomic E-state index is 14.0. The highest BCUT2D eigenvalue weighted by molar-refractivity contribution is 6.36. The Hall–Kier alpha value is -3.80. The van der Waals surface area contributed by atoms with Gasteiger partial charge in [0, 0.05) is 57.7 Å². The molecule has 0 saturated carbocycles. The zero-order valence-electron chi connectivity index (χ0n) is 21.0. The molecule has 1 saturated heterocycles. The lowest BCUT2D eigenvalue weighted by Gasteiger charge is -2.20. The Bertz CT molecular complexity index is 1410. The molecular weight excluding hydrogens is 511 g/mol. The monoisotopic (exact) mass is 538 g/mol. The molecule has 38 heavy (non-hydrogen) atoms. The van der Waals surface area contributed by atoms with Gasteiger partial charge in [-0.05, 0) is 23.8 Å². The third kappa shape index (κ3) is 5.54. The van der Waals surface area contributed by atoms with Crippen LogP contribution >= 0.6 is 11.6 Å². The van der Waals surface area contributed by atoms with E-state index in [1.54, 1.807) is 42.1 Å². The molecule has 0 bridgehead atoms. The van der Waals surface area contributed by atoms with E-state index < -0.39 is 11.8 Å². The van der Waals surface area contributed by atoms with Crippen molar-refractivity contribution in [2.45, 2.75) is 12.0 Å². The molecule has 0 radical (unpaired) electrons. The van der Waals surface area contributed by atoms with Gasteiger partial charge in [0.15, 0.2) is 5.82 Å². The smallest absolute Gasteiger partial charge is 0.320 e. The Kier molecular flexibility index (Phi) is 7.68. The minimum atomic E-state index is -0.449. The highest BCUT2D eigenvalue weighted by atomic mass is 35.5. The molecule has 0 unspecified atom stereocenters. The number of aromatic nitrogens is 5. The number of ether oxygens (including phenoxy) is 1. The van der Waals surface area contributed by atoms with Crippen LogP contribution in [0.5, 0.6) is 0 Å². The summed E-state index contributed by atoms with van der Waals surface area (Å²) >= 11 is 6.77. The number of methoxy groups -OCH3 is 1. The van der Waals surface area contributed by atoms with E-state index in [2.05, 4.69) is 30.7 Å². The molecule has 3 aromatic heterocycles. The first kappa shape index (κ1) is 25.8. The number of likely N-dealkylation sites (tertiary alicyclic amines) is 1. The Labute approximate surface area is 224 Å². The van der Waals surface area contributed by atoms with E-state index in [9.17, 15) is 9.18 Å². The van der Waals surface area contributed by atoms with Crippen molar-refractivity contribution in [3.05, 3.63) is 77.6 Å². The lowest BCUT2D eigenvalue weighted by molar-refractivity contribution is 0.159. The number of pyridine rings is 1. The molecule has 1 aliphatic rings. The van der Waals surface area contributed by atoms with Crippen molar-refractivity contribution in [3.63, 3.8) is 0 Å². The summed E-state index contributed by atoms with van der Waals surface area (Å²) in [6.45, 7) is 2.45. The first-order valence-electron chi connectivity index (χ1n) is 12.1. The van der Waals surface area contributed by atoms with Crippen LogP contribution in [0.25, 0.3) is 16.9 Å². The van der Waals surface area contributed by atoms with Crippen LogP contribution in [0.4, 0.5) is 15.0 Å². The summed E-state index contributed by atoms with van der Waals surface area (Å²) < 4.78 is 22.4. The van der Waals surface area contributed by atoms with E-state index in [4.69, 9.17) is 16.3 Å². The third-order valence-corrected chi connectivity index (χ3v) is 6.87. The van der Waals surface area contributed by atoms with Crippen LogP contribution in [0.2, 0.25) is 5.02 Å². The van der Waals surface area contributed by atoms with Crippen LogP contribution in [-0.2, 0) is 11.8 Å². The van der Waals surface area contributed by atoms with Crippen LogP contribution in [0.15, 0.2) is 61.2 Å². The summed E-state index contributed by atoms with van der Waals surface area (Å²) in [7, 11) is 3.45. The predicted molar refractivity (Wildman–Crippen MR) is 142 cm³/mol. The molecule has 0 spiro atoms. The second-order valence-electron chi connectivity index (χ2n) is 9.16. The number of urea groups is 1. The molecule has 12 heteroatoms. The first-order valence-corrected chi connectivity index (χ1v) is 12.5. The number of halogens is 2. The van der Waals surface area contributed by atoms with Gasteiger partial charge in [-0.1, -0.05) is 29.8 Å². The van der Waals surface area contributed by atoms with E-state index in [0.717, 1.165) is 16.8 Å². The molecule has 0 aliphatic carbocycles. The van der Waals surface area contributed by atoms with Crippen LogP contribution < -0.4 is 10.6 Å². The van der Waals surface area contributed by atoms with E-state index in [1.807, 2.05) is 30.3 Å². The van der Waals surface area contributed by atoms with Crippen LogP contribution in [-0.4, -0.2) is 74.9 Å². The maximum absolute atomic E-state index is 14.0. The topological polar surface area (TPSA) is 102 Å². The Morgan fingerprint density at radius 1 is 1.21 bits per heavy atom. The number of rotatable bonds is 8. The number of anilines is 1. The summed E-state index contributed by atoms with van der Waals surface area (Å²) in [4.78, 5) is 19.5. The normalized spacial score (nSPS) is 17.6. The number of nitrogens with one attached hydrogen (secondary N) is 2. The maximum Gasteiger partial charge on any atom is 0.320 e. The molecule has 1 fully saturated rings. The van der Waals surface area contributed by atoms with Gasteiger partial charge in [-0.2, -0.15) is 10.2 Å². The SMILES string of the molecule is COCCN1C[C@@H](NC(=O)Nc2c(Cl)c(-c3cnn(C)c3)nn2-c2ccccc2)[C@H](c2cncc(F)c2)C1. The van der Waals surface area contributed by atoms with Crippen molar-refractivity contribution < 1.29 is 13.9 Å². The van der Waals surface area contributed by atoms with Gasteiger partial charge < -0.3 is 10.1 Å². The number of amides is 2. The fourth-order valence-corrected chi connectivity index (χ4v) is 4.98. The molecule has 10 nitrogen and oxygen atoms in total. The highest BCUT2D eigenvalue weighted by Gasteiger charge is 2.35. The predicted octanol–water partition coefficient (Wildman–Crippen LogP) is 3.70. The zero-order chi connectivity index (χ0) is 26.6. The summed E-state index contributed by atoms with van der Waals surface area (Å²) in [5, 5.41) is 15.1. The van der Waals surface area contributed by atoms with E-state index in [0.29, 0.717) is 37.8 Å². The molecule has 2 N–H and O–H groups in total. The molecule has 5 rings (SSSR count). The van der Waals surface area contributed by atoms with Gasteiger partial charge in [0.2, 0.25) is 0 Å². The Morgan fingerprint density at radius 2 is 2.03 bits per heavy atom. The standard InChI is InChI=1S/C26H28ClFN8O2/c1-34-14-18(12-30-34)24-23(27)25(36(33-24)20-6-4-3-5-7-20)32-26(37)31-22-16-35(8-9-38-2)15-21(22)17-10-19(28)13-29-11-17/h3-7,10-14,21-22H,8-9,15-16H2,1-2H3,(H2,31,32,37)/t21-,22+/m0/s1. The average Bonchev–Trinajstić information content (AvgIpc) is 3.61. The van der Waals surface area contributed by atoms with E-state index in [-0.39, 0.29) is 17.0 Å². The molecule has 1 aliphatic heterocycles. The van der Waals surface area contributed by atoms with Gasteiger partial charge in [0.25, 0.3) is 0 Å². The van der Waals surface area contributed by atoms with Crippen molar-refractivity contribution in [2.24, 2.45) is 7.05 Å². The molecule has 1 aromatic carbocycles. The lowest BCUT2D eigenvalue weighted by Crippen LogP contribution is -2.42. The molecule has 198 valence electrons. The van der Waals surface area contributed by atoms with Gasteiger partial charge in [-0.15, -0.1) is 0 Å². The number of carbonyl (C=O) groups is 1. The second-order valence-corrected chi connectivity index (χ2v) is 9.54. The van der Waals surface area contributed by atoms with Crippen molar-refractivity contribution in [3.8, 4) is 16.9 Å². The third-order valence-electron chi connectivity index (χ3n) is 6.52. The number of nitrogens with zero attached hydrogens (tertiary/aromatic N) is 6. The van der Waals surface area contributed by atoms with Crippen molar-refractivity contribution >= 4 is 23.4 Å². The number of hydrogen-bond donors (Lipinski definition) is 2. The minimum Gasteiger partial charge on any atom is -0.383 e. The second kappa shape index (κ2) is 11.3. The van der Waals surface area contributed by atoms with Crippen LogP contribution in [0, 0.1) is 5.82 Å². The summed E-state index contributed by atoms with van der Waals surface area (Å²) in [6, 6.07) is 10.1. The summed E-state index contributed by atoms with van der Waals surface area (Å²) in [5.41, 5.74) is 2.67. The van der Waals surface area contributed by atoms with E-state index in [1.165, 1.54) is 12.3 Å². The number of benzene rings is 1. The van der Waals surface area contributed by atoms with Gasteiger partial charge in [0.05, 0.1) is 30.7 Å². The Balaban J connectivity index is 1.41. The van der Waals surface area contributed by atoms with Crippen molar-refractivity contribution in [1.82, 2.24) is 34.8 Å². The molecule has 2 atom stereocenters. The number of carbonyl (C=O) groups excluding carboxylic acids is 1. The van der Waals surface area contributed by atoms with Gasteiger partial charge in [-0.25, -0.2) is 13.9 Å². The van der Waals surface area contributed by atoms with Crippen LogP contribution in [0.1, 0.15) is 11.5 Å². The number of aryl methyl sites for hydroxylation is 1. The fraction of sp³-hybridized carbons (Fsp3) is 0.308. The number of para-hydroxylation sites is 1. The van der Waals surface area contributed by atoms with Gasteiger partial charge in [-0.3, -0.25) is 19.9 Å². The first-order chi connectivity index (χ1) is 18.4. The highest BCUT2D eigenvalue weighted by Crippen LogP contribution is 2.35. The molecule has 4 heterocycles. The quantitative estimate of drug-likeness (QED) is 0.355. The van der Waals surface area contributed by atoms with Gasteiger partial charge >= 0.3 is 6.03 Å².